The molecule has 110 valence electrons. The van der Waals surface area contributed by atoms with E-state index in [-0.39, 0.29) is 0 Å². The van der Waals surface area contributed by atoms with Gasteiger partial charge in [-0.15, -0.1) is 0 Å². The summed E-state index contributed by atoms with van der Waals surface area (Å²) in [5.74, 6) is 0.914. The summed E-state index contributed by atoms with van der Waals surface area (Å²) in [4.78, 5) is 0. The predicted molar refractivity (Wildman–Crippen MR) is 82.7 cm³/mol. The zero-order valence-corrected chi connectivity index (χ0v) is 12.8. The first kappa shape index (κ1) is 15.0. The van der Waals surface area contributed by atoms with Gasteiger partial charge in [-0.3, -0.25) is 0 Å². The fraction of sp³-hybridized carbons (Fsp3) is 0.647. The lowest BCUT2D eigenvalue weighted by molar-refractivity contribution is 0.315. The maximum atomic E-state index is 4.74. The second-order valence-corrected chi connectivity index (χ2v) is 5.78. The molecule has 0 amide bonds. The van der Waals surface area contributed by atoms with E-state index in [9.17, 15) is 0 Å². The number of benzene rings is 1. The monoisotopic (exact) mass is 274 g/mol. The molecule has 0 aliphatic carbocycles. The highest BCUT2D eigenvalue weighted by Crippen LogP contribution is 2.22. The molecular weight excluding hydrogens is 248 g/mol. The van der Waals surface area contributed by atoms with E-state index in [1.54, 1.807) is 0 Å². The summed E-state index contributed by atoms with van der Waals surface area (Å²) < 4.78 is 4.74. The van der Waals surface area contributed by atoms with Gasteiger partial charge in [0.1, 0.15) is 11.0 Å². The number of hydrogen-bond donors (Lipinski definition) is 0. The third kappa shape index (κ3) is 4.32. The van der Waals surface area contributed by atoms with Crippen LogP contribution in [-0.4, -0.2) is 10.3 Å². The van der Waals surface area contributed by atoms with Crippen molar-refractivity contribution in [1.29, 1.82) is 0 Å². The van der Waals surface area contributed by atoms with Crippen molar-refractivity contribution in [3.63, 3.8) is 0 Å². The Morgan fingerprint density at radius 1 is 0.950 bits per heavy atom. The SMILES string of the molecule is CCCCC(CCC)CCCc1ccc2nonc2c1. The van der Waals surface area contributed by atoms with Gasteiger partial charge >= 0.3 is 0 Å². The number of rotatable bonds is 9. The van der Waals surface area contributed by atoms with E-state index in [1.165, 1.54) is 50.5 Å². The summed E-state index contributed by atoms with van der Waals surface area (Å²) in [5.41, 5.74) is 3.07. The van der Waals surface area contributed by atoms with Gasteiger partial charge in [-0.25, -0.2) is 4.63 Å². The van der Waals surface area contributed by atoms with Gasteiger partial charge in [0.2, 0.25) is 0 Å². The number of unbranched alkanes of at least 4 members (excludes halogenated alkanes) is 1. The molecule has 0 aliphatic heterocycles. The minimum atomic E-state index is 0.848. The van der Waals surface area contributed by atoms with E-state index in [4.69, 9.17) is 4.63 Å². The van der Waals surface area contributed by atoms with Gasteiger partial charge in [-0.05, 0) is 46.8 Å². The molecule has 0 aliphatic rings. The van der Waals surface area contributed by atoms with Crippen molar-refractivity contribution in [3.05, 3.63) is 23.8 Å². The first-order valence-electron chi connectivity index (χ1n) is 8.04. The summed E-state index contributed by atoms with van der Waals surface area (Å²) in [6, 6.07) is 6.25. The standard InChI is InChI=1S/C17H26N2O/c1-3-5-8-14(7-4-2)9-6-10-15-11-12-16-17(13-15)19-20-18-16/h11-14H,3-10H2,1-2H3. The summed E-state index contributed by atoms with van der Waals surface area (Å²) in [6.45, 7) is 4.58. The van der Waals surface area contributed by atoms with E-state index in [0.29, 0.717) is 0 Å². The molecule has 3 heteroatoms. The predicted octanol–water partition coefficient (Wildman–Crippen LogP) is 5.15. The Morgan fingerprint density at radius 2 is 1.75 bits per heavy atom. The molecule has 1 aromatic carbocycles. The van der Waals surface area contributed by atoms with E-state index < -0.39 is 0 Å². The Balaban J connectivity index is 1.80. The molecule has 1 unspecified atom stereocenters. The van der Waals surface area contributed by atoms with Gasteiger partial charge in [0.25, 0.3) is 0 Å². The van der Waals surface area contributed by atoms with Crippen molar-refractivity contribution >= 4 is 11.0 Å². The van der Waals surface area contributed by atoms with Crippen molar-refractivity contribution < 1.29 is 4.63 Å². The molecule has 0 bridgehead atoms. The molecule has 0 saturated heterocycles. The minimum absolute atomic E-state index is 0.848. The van der Waals surface area contributed by atoms with Gasteiger partial charge in [0.05, 0.1) is 0 Å². The first-order valence-corrected chi connectivity index (χ1v) is 8.04. The number of aromatic nitrogens is 2. The van der Waals surface area contributed by atoms with Crippen LogP contribution in [0.5, 0.6) is 0 Å². The highest BCUT2D eigenvalue weighted by Gasteiger charge is 2.08. The highest BCUT2D eigenvalue weighted by molar-refractivity contribution is 5.73. The molecule has 0 N–H and O–H groups in total. The molecule has 1 heterocycles. The van der Waals surface area contributed by atoms with Crippen LogP contribution in [0.15, 0.2) is 22.8 Å². The van der Waals surface area contributed by atoms with Crippen molar-refractivity contribution in [2.45, 2.75) is 65.2 Å². The Morgan fingerprint density at radius 3 is 2.55 bits per heavy atom. The second-order valence-electron chi connectivity index (χ2n) is 5.78. The zero-order valence-electron chi connectivity index (χ0n) is 12.8. The molecule has 0 fully saturated rings. The lowest BCUT2D eigenvalue weighted by Gasteiger charge is -2.15. The quantitative estimate of drug-likeness (QED) is 0.634. The largest absolute Gasteiger partial charge is 0.243 e. The Labute approximate surface area is 121 Å². The Kier molecular flexibility index (Phi) is 6.03. The average molecular weight is 274 g/mol. The van der Waals surface area contributed by atoms with Crippen molar-refractivity contribution in [2.24, 2.45) is 5.92 Å². The van der Waals surface area contributed by atoms with E-state index in [2.05, 4.69) is 36.3 Å². The average Bonchev–Trinajstić information content (AvgIpc) is 2.92. The smallest absolute Gasteiger partial charge is 0.135 e. The molecule has 0 spiro atoms. The number of hydrogen-bond acceptors (Lipinski definition) is 3. The van der Waals surface area contributed by atoms with Crippen LogP contribution in [-0.2, 0) is 6.42 Å². The highest BCUT2D eigenvalue weighted by atomic mass is 16.6. The van der Waals surface area contributed by atoms with Gasteiger partial charge in [0, 0.05) is 0 Å². The zero-order chi connectivity index (χ0) is 14.2. The molecule has 0 saturated carbocycles. The van der Waals surface area contributed by atoms with Crippen LogP contribution in [0.4, 0.5) is 0 Å². The lowest BCUT2D eigenvalue weighted by Crippen LogP contribution is -2.01. The van der Waals surface area contributed by atoms with E-state index >= 15 is 0 Å². The summed E-state index contributed by atoms with van der Waals surface area (Å²) >= 11 is 0. The van der Waals surface area contributed by atoms with Crippen molar-refractivity contribution in [1.82, 2.24) is 10.3 Å². The van der Waals surface area contributed by atoms with Crippen LogP contribution >= 0.6 is 0 Å². The van der Waals surface area contributed by atoms with Crippen molar-refractivity contribution in [2.75, 3.05) is 0 Å². The number of aryl methyl sites for hydroxylation is 1. The first-order chi connectivity index (χ1) is 9.83. The van der Waals surface area contributed by atoms with Gasteiger partial charge in [0.15, 0.2) is 0 Å². The van der Waals surface area contributed by atoms with Gasteiger partial charge in [-0.2, -0.15) is 0 Å². The maximum Gasteiger partial charge on any atom is 0.135 e. The number of fused-ring (bicyclic) bond motifs is 1. The minimum Gasteiger partial charge on any atom is -0.243 e. The van der Waals surface area contributed by atoms with Crippen LogP contribution in [0.2, 0.25) is 0 Å². The second kappa shape index (κ2) is 8.03. The van der Waals surface area contributed by atoms with Crippen LogP contribution in [0, 0.1) is 5.92 Å². The van der Waals surface area contributed by atoms with Crippen LogP contribution in [0.3, 0.4) is 0 Å². The normalized spacial score (nSPS) is 12.9. The molecule has 0 radical (unpaired) electrons. The Hall–Kier alpha value is -1.38. The lowest BCUT2D eigenvalue weighted by atomic mass is 9.91. The van der Waals surface area contributed by atoms with Crippen LogP contribution < -0.4 is 0 Å². The molecular formula is C17H26N2O. The fourth-order valence-corrected chi connectivity index (χ4v) is 2.91. The Bertz CT molecular complexity index is 506. The van der Waals surface area contributed by atoms with Gasteiger partial charge < -0.3 is 0 Å². The molecule has 2 aromatic rings. The maximum absolute atomic E-state index is 4.74. The molecule has 3 nitrogen and oxygen atoms in total. The van der Waals surface area contributed by atoms with E-state index in [0.717, 1.165) is 23.4 Å². The van der Waals surface area contributed by atoms with Crippen LogP contribution in [0.25, 0.3) is 11.0 Å². The number of nitrogens with zero attached hydrogens (tertiary/aromatic N) is 2. The fourth-order valence-electron chi connectivity index (χ4n) is 2.91. The van der Waals surface area contributed by atoms with E-state index in [1.807, 2.05) is 6.07 Å². The molecule has 1 atom stereocenters. The van der Waals surface area contributed by atoms with Crippen molar-refractivity contribution in [3.8, 4) is 0 Å². The van der Waals surface area contributed by atoms with Gasteiger partial charge in [-0.1, -0.05) is 58.4 Å². The summed E-state index contributed by atoms with van der Waals surface area (Å²) in [7, 11) is 0. The molecule has 2 rings (SSSR count). The van der Waals surface area contributed by atoms with Crippen LogP contribution in [0.1, 0.15) is 64.4 Å². The third-order valence-corrected chi connectivity index (χ3v) is 4.06. The molecule has 20 heavy (non-hydrogen) atoms. The topological polar surface area (TPSA) is 38.9 Å². The molecule has 1 aromatic heterocycles. The third-order valence-electron chi connectivity index (χ3n) is 4.06. The summed E-state index contributed by atoms with van der Waals surface area (Å²) in [5, 5.41) is 7.75. The summed E-state index contributed by atoms with van der Waals surface area (Å²) in [6.07, 6.45) is 10.5.